The molecule has 2 aromatic rings. The number of carbonyl (C=O) groups is 1. The van der Waals surface area contributed by atoms with E-state index in [1.165, 1.54) is 18.4 Å². The highest BCUT2D eigenvalue weighted by Gasteiger charge is 2.18. The van der Waals surface area contributed by atoms with Crippen molar-refractivity contribution in [3.05, 3.63) is 27.6 Å². The molecule has 8 heteroatoms. The number of aryl methyl sites for hydroxylation is 1. The topological polar surface area (TPSA) is 89.3 Å². The van der Waals surface area contributed by atoms with E-state index >= 15 is 0 Å². The molecule has 0 aliphatic rings. The third kappa shape index (κ3) is 3.20. The number of hydrogen-bond acceptors (Lipinski definition) is 6. The summed E-state index contributed by atoms with van der Waals surface area (Å²) < 4.78 is 5.22. The number of aromatic nitrogens is 1. The summed E-state index contributed by atoms with van der Waals surface area (Å²) in [4.78, 5) is 16.7. The molecule has 0 spiro atoms. The van der Waals surface area contributed by atoms with Crippen molar-refractivity contribution in [2.24, 2.45) is 0 Å². The van der Waals surface area contributed by atoms with Crippen molar-refractivity contribution in [1.29, 1.82) is 0 Å². The van der Waals surface area contributed by atoms with E-state index in [0.717, 1.165) is 5.56 Å². The van der Waals surface area contributed by atoms with Gasteiger partial charge in [-0.1, -0.05) is 22.9 Å². The number of methoxy groups -OCH3 is 1. The average molecular weight is 327 g/mol. The molecule has 0 unspecified atom stereocenters. The molecular formula is C13H15ClN4O2S. The molecule has 1 aromatic heterocycles. The van der Waals surface area contributed by atoms with Gasteiger partial charge in [0.15, 0.2) is 5.13 Å². The van der Waals surface area contributed by atoms with E-state index in [-0.39, 0.29) is 11.7 Å². The summed E-state index contributed by atoms with van der Waals surface area (Å²) in [6.07, 6.45) is 0. The van der Waals surface area contributed by atoms with Gasteiger partial charge < -0.3 is 21.1 Å². The van der Waals surface area contributed by atoms with Crippen LogP contribution in [0.15, 0.2) is 12.1 Å². The van der Waals surface area contributed by atoms with Gasteiger partial charge in [0.2, 0.25) is 0 Å². The Morgan fingerprint density at radius 2 is 2.19 bits per heavy atom. The maximum absolute atomic E-state index is 12.3. The van der Waals surface area contributed by atoms with Crippen LogP contribution < -0.4 is 21.1 Å². The van der Waals surface area contributed by atoms with E-state index in [0.29, 0.717) is 26.5 Å². The summed E-state index contributed by atoms with van der Waals surface area (Å²) in [7, 11) is 3.22. The summed E-state index contributed by atoms with van der Waals surface area (Å²) in [6, 6.07) is 3.40. The summed E-state index contributed by atoms with van der Waals surface area (Å²) in [5, 5.41) is 6.76. The quantitative estimate of drug-likeness (QED) is 0.803. The number of nitrogen functional groups attached to an aromatic ring is 1. The first kappa shape index (κ1) is 15.4. The van der Waals surface area contributed by atoms with Gasteiger partial charge in [-0.25, -0.2) is 4.98 Å². The Labute approximate surface area is 131 Å². The summed E-state index contributed by atoms with van der Waals surface area (Å²) in [5.74, 6) is 0.328. The van der Waals surface area contributed by atoms with Crippen LogP contribution in [-0.2, 0) is 0 Å². The fourth-order valence-corrected chi connectivity index (χ4v) is 2.60. The van der Waals surface area contributed by atoms with E-state index in [4.69, 9.17) is 22.1 Å². The number of nitrogens with one attached hydrogen (secondary N) is 2. The van der Waals surface area contributed by atoms with Crippen molar-refractivity contribution in [2.45, 2.75) is 6.92 Å². The molecule has 4 N–H and O–H groups in total. The predicted octanol–water partition coefficient (Wildman–Crippen LogP) is 2.99. The van der Waals surface area contributed by atoms with Crippen LogP contribution in [0.1, 0.15) is 15.2 Å². The van der Waals surface area contributed by atoms with Gasteiger partial charge in [0.1, 0.15) is 16.4 Å². The number of thiazole rings is 1. The highest BCUT2D eigenvalue weighted by Crippen LogP contribution is 2.32. The van der Waals surface area contributed by atoms with Gasteiger partial charge in [0, 0.05) is 18.1 Å². The lowest BCUT2D eigenvalue weighted by molar-refractivity contribution is 0.103. The smallest absolute Gasteiger partial charge is 0.269 e. The number of anilines is 3. The third-order valence-corrected chi connectivity index (χ3v) is 4.30. The second kappa shape index (κ2) is 6.19. The second-order valence-electron chi connectivity index (χ2n) is 4.24. The molecule has 21 heavy (non-hydrogen) atoms. The number of hydrogen-bond donors (Lipinski definition) is 3. The van der Waals surface area contributed by atoms with Crippen LogP contribution in [0.25, 0.3) is 0 Å². The normalized spacial score (nSPS) is 10.3. The maximum atomic E-state index is 12.3. The summed E-state index contributed by atoms with van der Waals surface area (Å²) >= 11 is 7.22. The minimum Gasteiger partial charge on any atom is -0.495 e. The lowest BCUT2D eigenvalue weighted by atomic mass is 10.2. The molecule has 0 aliphatic heterocycles. The molecule has 0 radical (unpaired) electrons. The maximum Gasteiger partial charge on any atom is 0.269 e. The third-order valence-electron chi connectivity index (χ3n) is 2.80. The van der Waals surface area contributed by atoms with E-state index in [9.17, 15) is 4.79 Å². The molecule has 6 nitrogen and oxygen atoms in total. The Bertz CT molecular complexity index is 687. The fourth-order valence-electron chi connectivity index (χ4n) is 1.71. The van der Waals surface area contributed by atoms with Crippen LogP contribution >= 0.6 is 22.9 Å². The van der Waals surface area contributed by atoms with Gasteiger partial charge >= 0.3 is 0 Å². The largest absolute Gasteiger partial charge is 0.495 e. The Balaban J connectivity index is 2.30. The van der Waals surface area contributed by atoms with E-state index in [1.807, 2.05) is 6.92 Å². The molecule has 1 amide bonds. The van der Waals surface area contributed by atoms with Gasteiger partial charge in [0.25, 0.3) is 5.91 Å². The van der Waals surface area contributed by atoms with E-state index in [1.54, 1.807) is 19.2 Å². The highest BCUT2D eigenvalue weighted by molar-refractivity contribution is 7.18. The number of nitrogens with zero attached hydrogens (tertiary/aromatic N) is 1. The number of ether oxygens (including phenoxy) is 1. The minimum absolute atomic E-state index is 0.187. The van der Waals surface area contributed by atoms with Crippen LogP contribution in [-0.4, -0.2) is 25.0 Å². The van der Waals surface area contributed by atoms with Crippen LogP contribution in [0, 0.1) is 6.92 Å². The zero-order valence-corrected chi connectivity index (χ0v) is 13.4. The standard InChI is InChI=1S/C13H15ClN4O2S/c1-6-4-8(9(20-3)5-7(6)14)17-12(19)10-11(15)18-13(16-2)21-10/h4-5H,15H2,1-3H3,(H,16,18)(H,17,19). The molecular weight excluding hydrogens is 312 g/mol. The zero-order chi connectivity index (χ0) is 15.6. The van der Waals surface area contributed by atoms with Crippen molar-refractivity contribution in [2.75, 3.05) is 30.5 Å². The SMILES string of the molecule is CNc1nc(N)c(C(=O)Nc2cc(C)c(Cl)cc2OC)s1. The van der Waals surface area contributed by atoms with Crippen LogP contribution in [0.5, 0.6) is 5.75 Å². The van der Waals surface area contributed by atoms with Crippen LogP contribution in [0.4, 0.5) is 16.6 Å². The highest BCUT2D eigenvalue weighted by atomic mass is 35.5. The molecule has 0 atom stereocenters. The van der Waals surface area contributed by atoms with E-state index < -0.39 is 0 Å². The average Bonchev–Trinajstić information content (AvgIpc) is 2.83. The van der Waals surface area contributed by atoms with Crippen molar-refractivity contribution >= 4 is 45.5 Å². The molecule has 1 aromatic carbocycles. The van der Waals surface area contributed by atoms with Gasteiger partial charge in [-0.15, -0.1) is 0 Å². The molecule has 112 valence electrons. The molecule has 0 bridgehead atoms. The van der Waals surface area contributed by atoms with Gasteiger partial charge in [0.05, 0.1) is 12.8 Å². The van der Waals surface area contributed by atoms with Crippen molar-refractivity contribution in [3.8, 4) is 5.75 Å². The molecule has 0 aliphatic carbocycles. The zero-order valence-electron chi connectivity index (χ0n) is 11.8. The number of amides is 1. The number of halogens is 1. The lowest BCUT2D eigenvalue weighted by Gasteiger charge is -2.11. The molecule has 0 saturated heterocycles. The molecule has 0 saturated carbocycles. The molecule has 2 rings (SSSR count). The molecule has 0 fully saturated rings. The lowest BCUT2D eigenvalue weighted by Crippen LogP contribution is -2.13. The van der Waals surface area contributed by atoms with Crippen LogP contribution in [0.3, 0.4) is 0 Å². The van der Waals surface area contributed by atoms with Gasteiger partial charge in [-0.05, 0) is 18.6 Å². The van der Waals surface area contributed by atoms with Crippen LogP contribution in [0.2, 0.25) is 5.02 Å². The Hall–Kier alpha value is -1.99. The summed E-state index contributed by atoms with van der Waals surface area (Å²) in [6.45, 7) is 1.84. The first-order valence-corrected chi connectivity index (χ1v) is 7.25. The number of rotatable bonds is 4. The Kier molecular flexibility index (Phi) is 4.54. The van der Waals surface area contributed by atoms with Crippen molar-refractivity contribution in [1.82, 2.24) is 4.98 Å². The fraction of sp³-hybridized carbons (Fsp3) is 0.231. The van der Waals surface area contributed by atoms with Gasteiger partial charge in [-0.2, -0.15) is 0 Å². The first-order chi connectivity index (χ1) is 9.96. The minimum atomic E-state index is -0.341. The monoisotopic (exact) mass is 326 g/mol. The molecule has 1 heterocycles. The Morgan fingerprint density at radius 1 is 1.48 bits per heavy atom. The summed E-state index contributed by atoms with van der Waals surface area (Å²) in [5.41, 5.74) is 7.11. The number of benzene rings is 1. The van der Waals surface area contributed by atoms with Gasteiger partial charge in [-0.3, -0.25) is 4.79 Å². The van der Waals surface area contributed by atoms with E-state index in [2.05, 4.69) is 15.6 Å². The van der Waals surface area contributed by atoms with Crippen molar-refractivity contribution < 1.29 is 9.53 Å². The number of carbonyl (C=O) groups excluding carboxylic acids is 1. The predicted molar refractivity (Wildman–Crippen MR) is 86.8 cm³/mol. The Morgan fingerprint density at radius 3 is 2.76 bits per heavy atom. The van der Waals surface area contributed by atoms with Crippen molar-refractivity contribution in [3.63, 3.8) is 0 Å². The number of nitrogens with two attached hydrogens (primary N) is 1. The second-order valence-corrected chi connectivity index (χ2v) is 5.65. The first-order valence-electron chi connectivity index (χ1n) is 6.05.